The van der Waals surface area contributed by atoms with Crippen molar-refractivity contribution >= 4 is 11.4 Å². The average molecular weight is 198 g/mol. The third kappa shape index (κ3) is 2.29. The Morgan fingerprint density at radius 3 is 2.27 bits per heavy atom. The van der Waals surface area contributed by atoms with E-state index in [-0.39, 0.29) is 5.75 Å². The van der Waals surface area contributed by atoms with Crippen LogP contribution >= 0.6 is 0 Å². The lowest BCUT2D eigenvalue weighted by molar-refractivity contribution is 0.357. The number of benzene rings is 2. The lowest BCUT2D eigenvalue weighted by Crippen LogP contribution is -1.89. The normalized spacial score (nSPS) is 9.93. The highest BCUT2D eigenvalue weighted by Gasteiger charge is 2.00. The van der Waals surface area contributed by atoms with Gasteiger partial charge >= 0.3 is 0 Å². The molecule has 0 aliphatic carbocycles. The summed E-state index contributed by atoms with van der Waals surface area (Å²) in [4.78, 5) is 0. The van der Waals surface area contributed by atoms with Crippen molar-refractivity contribution in [1.82, 2.24) is 0 Å². The summed E-state index contributed by atoms with van der Waals surface area (Å²) in [5.41, 5.74) is 2.75. The molecule has 0 aliphatic rings. The molecule has 1 N–H and O–H groups in total. The van der Waals surface area contributed by atoms with Crippen LogP contribution in [0.2, 0.25) is 0 Å². The molecule has 0 heterocycles. The summed E-state index contributed by atoms with van der Waals surface area (Å²) in [5.74, 6) is 0.0121. The first-order valence-electron chi connectivity index (χ1n) is 4.85. The molecule has 1 radical (unpaired) electrons. The second-order valence-corrected chi connectivity index (χ2v) is 3.49. The van der Waals surface area contributed by atoms with Crippen molar-refractivity contribution in [2.45, 2.75) is 6.92 Å². The fraction of sp³-hybridized carbons (Fsp3) is 0.0769. The molecule has 0 bridgehead atoms. The number of hydrogen-bond donors (Lipinski definition) is 1. The van der Waals surface area contributed by atoms with E-state index in [0.29, 0.717) is 5.69 Å². The van der Waals surface area contributed by atoms with E-state index in [0.717, 1.165) is 5.69 Å². The molecule has 0 aliphatic heterocycles. The predicted octanol–water partition coefficient (Wildman–Crippen LogP) is 3.88. The van der Waals surface area contributed by atoms with Gasteiger partial charge in [0.05, 0.1) is 5.69 Å². The second-order valence-electron chi connectivity index (χ2n) is 3.49. The minimum atomic E-state index is 0.0121. The molecule has 2 heteroatoms. The Labute approximate surface area is 89.2 Å². The highest BCUT2D eigenvalue weighted by atomic mass is 16.3. The van der Waals surface area contributed by atoms with Crippen LogP contribution in [0.4, 0.5) is 11.4 Å². The van der Waals surface area contributed by atoms with Crippen molar-refractivity contribution in [2.75, 3.05) is 5.32 Å². The molecule has 0 unspecified atom stereocenters. The average Bonchev–Trinajstić information content (AvgIpc) is 2.25. The number of aryl methyl sites for hydroxylation is 1. The first-order chi connectivity index (χ1) is 7.25. The predicted molar refractivity (Wildman–Crippen MR) is 61.0 cm³/mol. The van der Waals surface area contributed by atoms with Crippen molar-refractivity contribution in [3.8, 4) is 5.75 Å². The zero-order valence-electron chi connectivity index (χ0n) is 8.53. The molecule has 2 rings (SSSR count). The van der Waals surface area contributed by atoms with Crippen molar-refractivity contribution in [2.24, 2.45) is 0 Å². The summed E-state index contributed by atoms with van der Waals surface area (Å²) in [5, 5.41) is 14.5. The minimum Gasteiger partial charge on any atom is -0.352 e. The highest BCUT2D eigenvalue weighted by molar-refractivity contribution is 5.65. The number of anilines is 2. The monoisotopic (exact) mass is 198 g/mol. The molecular weight excluding hydrogens is 186 g/mol. The lowest BCUT2D eigenvalue weighted by Gasteiger charge is -2.06. The Bertz CT molecular complexity index is 448. The SMILES string of the molecule is Cc1ccc(Nc2ccccc2[O])cc1. The van der Waals surface area contributed by atoms with E-state index in [4.69, 9.17) is 0 Å². The maximum Gasteiger partial charge on any atom is 0.201 e. The van der Waals surface area contributed by atoms with Crippen molar-refractivity contribution in [3.63, 3.8) is 0 Å². The molecular formula is C13H12NO. The van der Waals surface area contributed by atoms with Gasteiger partial charge in [0, 0.05) is 5.69 Å². The van der Waals surface area contributed by atoms with E-state index in [9.17, 15) is 5.11 Å². The van der Waals surface area contributed by atoms with Gasteiger partial charge in [0.25, 0.3) is 0 Å². The van der Waals surface area contributed by atoms with Gasteiger partial charge < -0.3 is 5.32 Å². The number of rotatable bonds is 2. The lowest BCUT2D eigenvalue weighted by atomic mass is 10.2. The molecule has 0 saturated carbocycles. The van der Waals surface area contributed by atoms with Crippen LogP contribution in [0.3, 0.4) is 0 Å². The van der Waals surface area contributed by atoms with Crippen LogP contribution in [0.25, 0.3) is 0 Å². The van der Waals surface area contributed by atoms with E-state index >= 15 is 0 Å². The third-order valence-electron chi connectivity index (χ3n) is 2.22. The first-order valence-corrected chi connectivity index (χ1v) is 4.85. The van der Waals surface area contributed by atoms with Crippen LogP contribution < -0.4 is 5.32 Å². The number of hydrogen-bond acceptors (Lipinski definition) is 1. The van der Waals surface area contributed by atoms with E-state index in [1.165, 1.54) is 5.56 Å². The molecule has 0 amide bonds. The molecule has 0 fully saturated rings. The highest BCUT2D eigenvalue weighted by Crippen LogP contribution is 2.26. The van der Waals surface area contributed by atoms with Gasteiger partial charge in [-0.3, -0.25) is 5.11 Å². The molecule has 2 nitrogen and oxygen atoms in total. The molecule has 0 spiro atoms. The largest absolute Gasteiger partial charge is 0.352 e. The second kappa shape index (κ2) is 4.05. The van der Waals surface area contributed by atoms with Gasteiger partial charge in [0.1, 0.15) is 0 Å². The van der Waals surface area contributed by atoms with Gasteiger partial charge in [-0.2, -0.15) is 0 Å². The van der Waals surface area contributed by atoms with Crippen molar-refractivity contribution in [3.05, 3.63) is 54.1 Å². The molecule has 75 valence electrons. The fourth-order valence-electron chi connectivity index (χ4n) is 1.36. The maximum absolute atomic E-state index is 11.4. The summed E-state index contributed by atoms with van der Waals surface area (Å²) in [6.45, 7) is 2.03. The quantitative estimate of drug-likeness (QED) is 0.780. The van der Waals surface area contributed by atoms with E-state index in [1.807, 2.05) is 37.3 Å². The third-order valence-corrected chi connectivity index (χ3v) is 2.22. The minimum absolute atomic E-state index is 0.0121. The Kier molecular flexibility index (Phi) is 2.59. The number of nitrogens with one attached hydrogen (secondary N) is 1. The van der Waals surface area contributed by atoms with Gasteiger partial charge in [-0.25, -0.2) is 0 Å². The summed E-state index contributed by atoms with van der Waals surface area (Å²) < 4.78 is 0. The summed E-state index contributed by atoms with van der Waals surface area (Å²) >= 11 is 0. The van der Waals surface area contributed by atoms with Crippen LogP contribution in [0, 0.1) is 6.92 Å². The van der Waals surface area contributed by atoms with E-state index in [1.54, 1.807) is 18.2 Å². The van der Waals surface area contributed by atoms with Crippen LogP contribution in [0.1, 0.15) is 5.56 Å². The van der Waals surface area contributed by atoms with Gasteiger partial charge in [-0.15, -0.1) is 0 Å². The van der Waals surface area contributed by atoms with E-state index < -0.39 is 0 Å². The van der Waals surface area contributed by atoms with Crippen LogP contribution in [-0.4, -0.2) is 0 Å². The fourth-order valence-corrected chi connectivity index (χ4v) is 1.36. The Hall–Kier alpha value is -1.96. The number of para-hydroxylation sites is 2. The van der Waals surface area contributed by atoms with Crippen LogP contribution in [0.15, 0.2) is 48.5 Å². The van der Waals surface area contributed by atoms with Crippen LogP contribution in [0.5, 0.6) is 5.75 Å². The molecule has 0 saturated heterocycles. The Balaban J connectivity index is 2.22. The maximum atomic E-state index is 11.4. The molecule has 0 aromatic heterocycles. The molecule has 0 atom stereocenters. The first kappa shape index (κ1) is 9.59. The molecule has 2 aromatic rings. The van der Waals surface area contributed by atoms with Gasteiger partial charge in [0.15, 0.2) is 0 Å². The summed E-state index contributed by atoms with van der Waals surface area (Å²) in [7, 11) is 0. The molecule has 15 heavy (non-hydrogen) atoms. The van der Waals surface area contributed by atoms with Crippen LogP contribution in [-0.2, 0) is 5.11 Å². The topological polar surface area (TPSA) is 31.9 Å². The molecule has 2 aromatic carbocycles. The Morgan fingerprint density at radius 1 is 0.933 bits per heavy atom. The summed E-state index contributed by atoms with van der Waals surface area (Å²) in [6.07, 6.45) is 0. The smallest absolute Gasteiger partial charge is 0.201 e. The summed E-state index contributed by atoms with van der Waals surface area (Å²) in [6, 6.07) is 14.9. The van der Waals surface area contributed by atoms with Gasteiger partial charge in [-0.1, -0.05) is 29.8 Å². The van der Waals surface area contributed by atoms with Gasteiger partial charge in [-0.05, 0) is 31.2 Å². The van der Waals surface area contributed by atoms with Crippen molar-refractivity contribution < 1.29 is 5.11 Å². The Morgan fingerprint density at radius 2 is 1.60 bits per heavy atom. The van der Waals surface area contributed by atoms with E-state index in [2.05, 4.69) is 5.32 Å². The zero-order chi connectivity index (χ0) is 10.7. The standard InChI is InChI=1S/C13H12NO/c1-10-6-8-11(9-7-10)14-12-4-2-3-5-13(12)15/h2-9,14H,1H3. The van der Waals surface area contributed by atoms with Gasteiger partial charge in [0.2, 0.25) is 5.75 Å². The van der Waals surface area contributed by atoms with Crippen molar-refractivity contribution in [1.29, 1.82) is 0 Å². The zero-order valence-corrected chi connectivity index (χ0v) is 8.53.